The van der Waals surface area contributed by atoms with E-state index in [4.69, 9.17) is 16.3 Å². The molecule has 2 aliphatic heterocycles. The van der Waals surface area contributed by atoms with Gasteiger partial charge in [0.25, 0.3) is 5.91 Å². The number of sulfonamides is 1. The molecule has 0 aromatic heterocycles. The maximum atomic E-state index is 13.4. The Morgan fingerprint density at radius 3 is 2.84 bits per heavy atom. The van der Waals surface area contributed by atoms with Crippen LogP contribution in [0.25, 0.3) is 0 Å². The second kappa shape index (κ2) is 8.10. The molecule has 0 saturated carbocycles. The summed E-state index contributed by atoms with van der Waals surface area (Å²) in [6.45, 7) is 1.56. The predicted octanol–water partition coefficient (Wildman–Crippen LogP) is 2.91. The zero-order valence-corrected chi connectivity index (χ0v) is 18.0. The number of hydrogen-bond donors (Lipinski definition) is 2. The summed E-state index contributed by atoms with van der Waals surface area (Å²) < 4.78 is 46.4. The Labute approximate surface area is 183 Å². The van der Waals surface area contributed by atoms with Gasteiger partial charge in [-0.1, -0.05) is 11.6 Å². The first-order chi connectivity index (χ1) is 14.7. The minimum atomic E-state index is -4.13. The number of ether oxygens (including phenoxy) is 1. The first-order valence-corrected chi connectivity index (χ1v) is 11.3. The van der Waals surface area contributed by atoms with Gasteiger partial charge in [-0.3, -0.25) is 9.59 Å². The van der Waals surface area contributed by atoms with Crippen molar-refractivity contribution in [2.24, 2.45) is 0 Å². The molecule has 0 aliphatic carbocycles. The molecule has 0 radical (unpaired) electrons. The summed E-state index contributed by atoms with van der Waals surface area (Å²) in [6, 6.07) is 5.56. The average molecular weight is 468 g/mol. The summed E-state index contributed by atoms with van der Waals surface area (Å²) in [6.07, 6.45) is 0.829. The van der Waals surface area contributed by atoms with Crippen LogP contribution in [0.4, 0.5) is 15.8 Å². The highest BCUT2D eigenvalue weighted by atomic mass is 35.5. The van der Waals surface area contributed by atoms with E-state index in [1.165, 1.54) is 30.3 Å². The molecule has 8 nitrogen and oxygen atoms in total. The van der Waals surface area contributed by atoms with E-state index in [0.717, 1.165) is 4.31 Å². The summed E-state index contributed by atoms with van der Waals surface area (Å²) in [5, 5.41) is 5.16. The first-order valence-electron chi connectivity index (χ1n) is 9.52. The minimum absolute atomic E-state index is 0.0926. The molecule has 0 bridgehead atoms. The van der Waals surface area contributed by atoms with Gasteiger partial charge in [0.15, 0.2) is 6.61 Å². The SMILES string of the molecule is Cc1cc(F)ccc1NC(=O)[C@@H]1CCCN1S(=O)(=O)c1cc2c(cc1Cl)NC(=O)CO2. The number of benzene rings is 2. The molecule has 2 N–H and O–H groups in total. The van der Waals surface area contributed by atoms with Crippen molar-refractivity contribution in [3.8, 4) is 5.75 Å². The van der Waals surface area contributed by atoms with Gasteiger partial charge in [-0.25, -0.2) is 12.8 Å². The number of amides is 2. The van der Waals surface area contributed by atoms with Crippen LogP contribution < -0.4 is 15.4 Å². The van der Waals surface area contributed by atoms with Crippen LogP contribution in [0.15, 0.2) is 35.2 Å². The lowest BCUT2D eigenvalue weighted by Gasteiger charge is -2.25. The normalized spacial score (nSPS) is 18.8. The van der Waals surface area contributed by atoms with Gasteiger partial charge in [0, 0.05) is 18.3 Å². The smallest absolute Gasteiger partial charge is 0.262 e. The molecule has 2 aromatic rings. The lowest BCUT2D eigenvalue weighted by Crippen LogP contribution is -2.43. The number of anilines is 2. The summed E-state index contributed by atoms with van der Waals surface area (Å²) >= 11 is 6.22. The Morgan fingerprint density at radius 1 is 1.32 bits per heavy atom. The third-order valence-electron chi connectivity index (χ3n) is 5.21. The Balaban J connectivity index is 1.62. The lowest BCUT2D eigenvalue weighted by molar-refractivity contribution is -0.119. The Morgan fingerprint density at radius 2 is 2.10 bits per heavy atom. The molecule has 2 aromatic carbocycles. The number of fused-ring (bicyclic) bond motifs is 1. The zero-order chi connectivity index (χ0) is 22.3. The fourth-order valence-electron chi connectivity index (χ4n) is 3.68. The fraction of sp³-hybridized carbons (Fsp3) is 0.300. The number of carbonyl (C=O) groups is 2. The number of nitrogens with zero attached hydrogens (tertiary/aromatic N) is 1. The van der Waals surface area contributed by atoms with Gasteiger partial charge in [0.05, 0.1) is 10.7 Å². The van der Waals surface area contributed by atoms with Crippen molar-refractivity contribution in [2.45, 2.75) is 30.7 Å². The van der Waals surface area contributed by atoms with Crippen LogP contribution >= 0.6 is 11.6 Å². The van der Waals surface area contributed by atoms with Gasteiger partial charge in [0.2, 0.25) is 15.9 Å². The molecule has 31 heavy (non-hydrogen) atoms. The van der Waals surface area contributed by atoms with Gasteiger partial charge in [0.1, 0.15) is 22.5 Å². The standard InChI is InChI=1S/C20H19ClFN3O5S/c1-11-7-12(22)4-5-14(11)24-20(27)16-3-2-6-25(16)31(28,29)18-9-17-15(8-13(18)21)23-19(26)10-30-17/h4-5,7-9,16H,2-3,6,10H2,1H3,(H,23,26)(H,24,27)/t16-/m0/s1. The summed E-state index contributed by atoms with van der Waals surface area (Å²) in [4.78, 5) is 24.1. The molecule has 0 unspecified atom stereocenters. The van der Waals surface area contributed by atoms with E-state index < -0.39 is 27.8 Å². The maximum Gasteiger partial charge on any atom is 0.262 e. The zero-order valence-electron chi connectivity index (χ0n) is 16.4. The van der Waals surface area contributed by atoms with E-state index in [9.17, 15) is 22.4 Å². The van der Waals surface area contributed by atoms with Crippen molar-refractivity contribution in [1.29, 1.82) is 0 Å². The van der Waals surface area contributed by atoms with Crippen molar-refractivity contribution in [2.75, 3.05) is 23.8 Å². The maximum absolute atomic E-state index is 13.4. The van der Waals surface area contributed by atoms with E-state index in [2.05, 4.69) is 10.6 Å². The second-order valence-corrected chi connectivity index (χ2v) is 9.60. The summed E-state index contributed by atoms with van der Waals surface area (Å²) in [5.41, 5.74) is 1.21. The molecule has 1 saturated heterocycles. The van der Waals surface area contributed by atoms with E-state index in [1.54, 1.807) is 6.92 Å². The number of nitrogens with one attached hydrogen (secondary N) is 2. The van der Waals surface area contributed by atoms with Crippen molar-refractivity contribution in [3.63, 3.8) is 0 Å². The van der Waals surface area contributed by atoms with Crippen molar-refractivity contribution in [1.82, 2.24) is 4.31 Å². The van der Waals surface area contributed by atoms with E-state index >= 15 is 0 Å². The van der Waals surface area contributed by atoms with Crippen LogP contribution in [0.1, 0.15) is 18.4 Å². The number of halogens is 2. The van der Waals surface area contributed by atoms with Crippen molar-refractivity contribution < 1.29 is 27.1 Å². The first kappa shape index (κ1) is 21.5. The van der Waals surface area contributed by atoms with Crippen LogP contribution in [0.2, 0.25) is 5.02 Å². The average Bonchev–Trinajstić information content (AvgIpc) is 3.20. The third kappa shape index (κ3) is 4.10. The number of rotatable bonds is 4. The Hall–Kier alpha value is -2.69. The molecule has 2 heterocycles. The third-order valence-corrected chi connectivity index (χ3v) is 7.58. The van der Waals surface area contributed by atoms with Gasteiger partial charge >= 0.3 is 0 Å². The minimum Gasteiger partial charge on any atom is -0.482 e. The predicted molar refractivity (Wildman–Crippen MR) is 112 cm³/mol. The number of aryl methyl sites for hydroxylation is 1. The molecule has 1 atom stereocenters. The largest absolute Gasteiger partial charge is 0.482 e. The molecule has 1 fully saturated rings. The van der Waals surface area contributed by atoms with Gasteiger partial charge in [-0.15, -0.1) is 0 Å². The lowest BCUT2D eigenvalue weighted by atomic mass is 10.1. The second-order valence-electron chi connectivity index (χ2n) is 7.34. The van der Waals surface area contributed by atoms with E-state index in [0.29, 0.717) is 24.1 Å². The molecular formula is C20H19ClFN3O5S. The Bertz CT molecular complexity index is 1190. The molecule has 4 rings (SSSR count). The number of carbonyl (C=O) groups excluding carboxylic acids is 2. The Kier molecular flexibility index (Phi) is 5.63. The van der Waals surface area contributed by atoms with Crippen LogP contribution in [0, 0.1) is 12.7 Å². The molecule has 0 spiro atoms. The van der Waals surface area contributed by atoms with Gasteiger partial charge in [-0.05, 0) is 49.6 Å². The molecule has 11 heteroatoms. The quantitative estimate of drug-likeness (QED) is 0.719. The van der Waals surface area contributed by atoms with E-state index in [1.807, 2.05) is 0 Å². The van der Waals surface area contributed by atoms with Crippen LogP contribution in [-0.4, -0.2) is 43.7 Å². The topological polar surface area (TPSA) is 105 Å². The number of hydrogen-bond acceptors (Lipinski definition) is 5. The molecule has 2 aliphatic rings. The monoisotopic (exact) mass is 467 g/mol. The molecular weight excluding hydrogens is 449 g/mol. The van der Waals surface area contributed by atoms with E-state index in [-0.39, 0.29) is 40.4 Å². The van der Waals surface area contributed by atoms with Gasteiger partial charge < -0.3 is 15.4 Å². The highest BCUT2D eigenvalue weighted by Gasteiger charge is 2.41. The highest BCUT2D eigenvalue weighted by molar-refractivity contribution is 7.89. The summed E-state index contributed by atoms with van der Waals surface area (Å²) in [5.74, 6) is -1.12. The van der Waals surface area contributed by atoms with Crippen LogP contribution in [0.3, 0.4) is 0 Å². The summed E-state index contributed by atoms with van der Waals surface area (Å²) in [7, 11) is -4.13. The van der Waals surface area contributed by atoms with Crippen LogP contribution in [-0.2, 0) is 19.6 Å². The highest BCUT2D eigenvalue weighted by Crippen LogP contribution is 2.38. The molecule has 2 amide bonds. The van der Waals surface area contributed by atoms with Crippen molar-refractivity contribution >= 4 is 44.8 Å². The van der Waals surface area contributed by atoms with Crippen molar-refractivity contribution in [3.05, 3.63) is 46.7 Å². The molecule has 164 valence electrons. The fourth-order valence-corrected chi connectivity index (χ4v) is 5.85. The van der Waals surface area contributed by atoms with Gasteiger partial charge in [-0.2, -0.15) is 4.31 Å². The van der Waals surface area contributed by atoms with Crippen LogP contribution in [0.5, 0.6) is 5.75 Å².